The second kappa shape index (κ2) is 42.4. The van der Waals surface area contributed by atoms with Crippen molar-refractivity contribution in [2.45, 2.75) is 217 Å². The molecular weight excluding hydrogens is 1420 g/mol. The van der Waals surface area contributed by atoms with Crippen molar-refractivity contribution < 1.29 is 87.6 Å². The van der Waals surface area contributed by atoms with E-state index in [1.807, 2.05) is 71.8 Å². The number of imidazole rings is 1. The second-order valence-electron chi connectivity index (χ2n) is 27.8. The minimum absolute atomic E-state index is 0. The summed E-state index contributed by atoms with van der Waals surface area (Å²) in [4.78, 5) is 96.4. The van der Waals surface area contributed by atoms with Crippen LogP contribution >= 0.6 is 0 Å². The average molecular weight is 1530 g/mol. The van der Waals surface area contributed by atoms with Crippen molar-refractivity contribution in [2.24, 2.45) is 7.05 Å². The van der Waals surface area contributed by atoms with Crippen molar-refractivity contribution in [2.75, 3.05) is 63.3 Å². The summed E-state index contributed by atoms with van der Waals surface area (Å²) in [6, 6.07) is 1.95. The zero-order valence-corrected chi connectivity index (χ0v) is 68.0. The molecule has 598 valence electrons. The van der Waals surface area contributed by atoms with Gasteiger partial charge in [0.25, 0.3) is 0 Å². The first-order chi connectivity index (χ1) is 49.5. The number of aromatic nitrogens is 3. The number of esters is 4. The van der Waals surface area contributed by atoms with Crippen LogP contribution in [0, 0.1) is 55.4 Å². The molecule has 27 heteroatoms. The number of ether oxygens (including phenoxy) is 6. The highest BCUT2D eigenvalue weighted by atomic mass is 32.2. The lowest BCUT2D eigenvalue weighted by atomic mass is 10.0. The third-order valence-electron chi connectivity index (χ3n) is 19.0. The third-order valence-corrected chi connectivity index (χ3v) is 21.0. The summed E-state index contributed by atoms with van der Waals surface area (Å²) in [7, 11) is -0.948. The quantitative estimate of drug-likeness (QED) is 0.111. The third kappa shape index (κ3) is 29.3. The van der Waals surface area contributed by atoms with Crippen LogP contribution < -0.4 is 16.3 Å². The van der Waals surface area contributed by atoms with Crippen LogP contribution in [0.5, 0.6) is 0 Å². The summed E-state index contributed by atoms with van der Waals surface area (Å²) in [5.41, 5.74) is 18.3. The number of aryl methyl sites for hydroxylation is 6. The van der Waals surface area contributed by atoms with Crippen LogP contribution in [0.3, 0.4) is 0 Å². The van der Waals surface area contributed by atoms with E-state index in [1.54, 1.807) is 82.4 Å². The van der Waals surface area contributed by atoms with Crippen molar-refractivity contribution in [3.8, 4) is 0 Å². The maximum absolute atomic E-state index is 12.2. The summed E-state index contributed by atoms with van der Waals surface area (Å²) >= 11 is 0. The molecule has 7 aliphatic heterocycles. The Morgan fingerprint density at radius 1 is 0.583 bits per heavy atom. The number of rotatable bonds is 2. The molecule has 1 N–H and O–H groups in total. The molecule has 11 heterocycles. The molecule has 0 unspecified atom stereocenters. The number of nitrogens with one attached hydrogen (secondary N) is 1. The number of sulfone groups is 1. The minimum Gasteiger partial charge on any atom is -0.492 e. The number of carbonyl (C=O) groups excluding carboxylic acids is 6. The van der Waals surface area contributed by atoms with Gasteiger partial charge in [0.15, 0.2) is 9.84 Å². The van der Waals surface area contributed by atoms with Gasteiger partial charge >= 0.3 is 41.4 Å². The van der Waals surface area contributed by atoms with Crippen LogP contribution in [0.1, 0.15) is 196 Å². The van der Waals surface area contributed by atoms with Crippen molar-refractivity contribution >= 4 is 51.0 Å². The summed E-state index contributed by atoms with van der Waals surface area (Å²) in [5, 5.41) is 0. The predicted octanol–water partition coefficient (Wildman–Crippen LogP) is 15.3. The smallest absolute Gasteiger partial charge is 0.419 e. The summed E-state index contributed by atoms with van der Waals surface area (Å²) in [6.07, 6.45) is 7.31. The highest BCUT2D eigenvalue weighted by Crippen LogP contribution is 2.36. The number of furan rings is 2. The number of aromatic amines is 1. The SMILES string of the molecule is C.C=C1CS(=O)(=O)C(C)=C1C.CC1=C(C)C(=O)C(=O)C1.CC1=C(C)C(=O)OC(=O)C1.CC1=C(C)C(=O)OC1=O.CC1=C(C)CC(N2CCOCC2)=C1.CC1=C(C)OC(C)(C)C1.CC1=C(C)OC(F)(F)C1.Cc1[nH]c(=O)oc(=O)c1C.Cc1ccoc1C.Cc1ncn(C)c1C.Cc1occ(N2CCOCC2)c1C. The molecule has 0 spiro atoms. The van der Waals surface area contributed by atoms with Crippen molar-refractivity contribution in [3.63, 3.8) is 0 Å². The molecule has 4 aromatic rings. The van der Waals surface area contributed by atoms with Gasteiger partial charge in [-0.05, 0) is 212 Å². The molecule has 0 bridgehead atoms. The molecule has 0 atom stereocenters. The number of allylic oxidation sites excluding steroid dienone is 9. The lowest BCUT2D eigenvalue weighted by Crippen LogP contribution is -2.36. The first-order valence-corrected chi connectivity index (χ1v) is 36.7. The lowest BCUT2D eigenvalue weighted by molar-refractivity contribution is -0.196. The van der Waals surface area contributed by atoms with Crippen molar-refractivity contribution in [1.82, 2.24) is 19.4 Å². The maximum atomic E-state index is 12.2. The van der Waals surface area contributed by atoms with Gasteiger partial charge in [0.05, 0.1) is 86.1 Å². The number of cyclic esters (lactones) is 4. The Kier molecular flexibility index (Phi) is 37.2. The van der Waals surface area contributed by atoms with E-state index in [9.17, 15) is 55.6 Å². The number of Topliss-reactive ketones (excluding diaryl/α,β-unsaturated/α-hetero) is 2. The highest BCUT2D eigenvalue weighted by molar-refractivity contribution is 7.95. The van der Waals surface area contributed by atoms with E-state index in [2.05, 4.69) is 99.5 Å². The standard InChI is InChI=1S/C11H17NO.C10H15NO2.C8H14O.C7H8O3.C7H10O2S.C7H8O2.C6H8F2O.C6H10N2.C6H7NO3.C6H6O3.C6H8O.CH4/c1-9-7-11(8-10(9)2)12-3-5-13-6-4-12;1-8-9(2)13-7-10(8)11-3-5-12-6-4-11;1-6-5-8(3,4)9-7(6)2;1-4-3-6(8)10-7(9)5(4)2;1-5-4-10(8,9)7(3)6(5)2;1-4-3-6(8)7(9)5(4)2;1-4-3-6(7,8)9-5(4)2;1-5-6(2)8(3)4-7-5;1-3-4(2)7-6(9)10-5(3)8;1-3-4(2)6(8)9-5(3)7;1-5-3-4-7-6(5)2;/h7H,3-6,8H2,1-2H3;7H,3-6H2,1-2H3;5H2,1-4H3;3H2,1-2H3;1,4H2,2-3H3;2*3H2,1-2H3;4H,1-3H3;1-2H3,(H,7,9);1-2H3;3-4H,1-2H3;1H4. The Hall–Kier alpha value is -9.34. The van der Waals surface area contributed by atoms with Crippen LogP contribution in [-0.2, 0) is 74.1 Å². The van der Waals surface area contributed by atoms with E-state index in [4.69, 9.17) is 23.0 Å². The minimum atomic E-state index is -2.94. The number of hydrogen-bond acceptors (Lipinski definition) is 22. The first-order valence-electron chi connectivity index (χ1n) is 35.0. The fourth-order valence-electron chi connectivity index (χ4n) is 10.3. The Morgan fingerprint density at radius 2 is 1.10 bits per heavy atom. The lowest BCUT2D eigenvalue weighted by Gasteiger charge is -2.30. The van der Waals surface area contributed by atoms with E-state index in [0.29, 0.717) is 56.2 Å². The Bertz CT molecular complexity index is 4310. The Labute approximate surface area is 635 Å². The fraction of sp³-hybridized carbons (Fsp3) is 0.519. The number of hydrogen-bond donors (Lipinski definition) is 1. The molecule has 0 saturated carbocycles. The summed E-state index contributed by atoms with van der Waals surface area (Å²) in [5.74, 6) is 0.369. The van der Waals surface area contributed by atoms with Gasteiger partial charge in [-0.3, -0.25) is 19.4 Å². The number of halogens is 2. The largest absolute Gasteiger partial charge is 0.492 e. The molecule has 24 nitrogen and oxygen atoms in total. The highest BCUT2D eigenvalue weighted by Gasteiger charge is 2.38. The molecule has 0 aromatic carbocycles. The molecule has 2 fully saturated rings. The molecule has 0 radical (unpaired) electrons. The molecule has 2 aliphatic carbocycles. The van der Waals surface area contributed by atoms with E-state index < -0.39 is 51.2 Å². The summed E-state index contributed by atoms with van der Waals surface area (Å²) < 4.78 is 92.0. The molecule has 108 heavy (non-hydrogen) atoms. The summed E-state index contributed by atoms with van der Waals surface area (Å²) in [6.45, 7) is 56.0. The van der Waals surface area contributed by atoms with Gasteiger partial charge in [0.1, 0.15) is 23.4 Å². The monoisotopic (exact) mass is 1530 g/mol. The second-order valence-corrected chi connectivity index (χ2v) is 29.9. The van der Waals surface area contributed by atoms with Crippen LogP contribution in [0.25, 0.3) is 0 Å². The maximum Gasteiger partial charge on any atom is 0.419 e. The normalized spacial score (nSPS) is 18.6. The zero-order valence-electron chi connectivity index (χ0n) is 67.2. The van der Waals surface area contributed by atoms with Crippen LogP contribution in [0.4, 0.5) is 14.5 Å². The molecule has 2 saturated heterocycles. The van der Waals surface area contributed by atoms with Crippen LogP contribution in [0.15, 0.2) is 149 Å². The van der Waals surface area contributed by atoms with Gasteiger partial charge in [-0.1, -0.05) is 36.3 Å². The van der Waals surface area contributed by atoms with E-state index in [-0.39, 0.29) is 43.2 Å². The number of nitrogens with zero attached hydrogens (tertiary/aromatic N) is 4. The van der Waals surface area contributed by atoms with Gasteiger partial charge in [0.2, 0.25) is 11.6 Å². The molecule has 9 aliphatic rings. The van der Waals surface area contributed by atoms with Gasteiger partial charge in [-0.15, -0.1) is 0 Å². The molecular formula is C81H115F2N5O19S. The number of ketones is 2. The average Bonchev–Trinajstić information content (AvgIpc) is 1.71. The molecule has 13 rings (SSSR count). The van der Waals surface area contributed by atoms with E-state index in [1.165, 1.54) is 44.9 Å². The number of carbonyl (C=O) groups is 6. The van der Waals surface area contributed by atoms with Gasteiger partial charge < -0.3 is 56.0 Å². The fourth-order valence-corrected chi connectivity index (χ4v) is 11.8. The topological polar surface area (TPSA) is 306 Å². The van der Waals surface area contributed by atoms with Gasteiger partial charge in [0, 0.05) is 96.8 Å². The number of morpholine rings is 2. The Morgan fingerprint density at radius 3 is 1.37 bits per heavy atom. The van der Waals surface area contributed by atoms with Crippen molar-refractivity contribution in [3.05, 3.63) is 193 Å². The molecule has 0 amide bonds. The number of alkyl halides is 2. The van der Waals surface area contributed by atoms with Crippen molar-refractivity contribution in [1.29, 1.82) is 0 Å². The van der Waals surface area contributed by atoms with E-state index in [0.717, 1.165) is 111 Å². The number of H-pyrrole nitrogens is 1. The van der Waals surface area contributed by atoms with Gasteiger partial charge in [-0.2, -0.15) is 8.78 Å². The van der Waals surface area contributed by atoms with Gasteiger partial charge in [-0.25, -0.2) is 37.4 Å². The number of anilines is 1. The van der Waals surface area contributed by atoms with Crippen LogP contribution in [-0.4, -0.2) is 133 Å². The van der Waals surface area contributed by atoms with E-state index >= 15 is 0 Å². The predicted molar refractivity (Wildman–Crippen MR) is 412 cm³/mol. The first kappa shape index (κ1) is 94.7. The Balaban J connectivity index is 0.000000405. The zero-order chi connectivity index (χ0) is 81.5. The molecule has 4 aromatic heterocycles. The van der Waals surface area contributed by atoms with Crippen LogP contribution in [0.2, 0.25) is 0 Å².